The Kier molecular flexibility index (Phi) is 1.74. The molecule has 2 atom stereocenters. The summed E-state index contributed by atoms with van der Waals surface area (Å²) in [4.78, 5) is 10.7. The Balaban J connectivity index is 2.47. The molecular formula is C7H13NO. The van der Waals surface area contributed by atoms with Crippen molar-refractivity contribution in [2.45, 2.75) is 32.7 Å². The predicted octanol–water partition coefficient (Wildman–Crippen LogP) is 0.921. The van der Waals surface area contributed by atoms with Crippen molar-refractivity contribution in [3.63, 3.8) is 0 Å². The molecule has 1 saturated heterocycles. The molecule has 0 bridgehead atoms. The largest absolute Gasteiger partial charge is 0.353 e. The highest BCUT2D eigenvalue weighted by molar-refractivity contribution is 5.78. The Labute approximate surface area is 55.6 Å². The van der Waals surface area contributed by atoms with Crippen LogP contribution < -0.4 is 5.32 Å². The number of rotatable bonds is 1. The molecule has 9 heavy (non-hydrogen) atoms. The lowest BCUT2D eigenvalue weighted by molar-refractivity contribution is -0.119. The van der Waals surface area contributed by atoms with Crippen LogP contribution >= 0.6 is 0 Å². The molecule has 0 saturated carbocycles. The van der Waals surface area contributed by atoms with Gasteiger partial charge in [0.25, 0.3) is 0 Å². The molecule has 1 amide bonds. The van der Waals surface area contributed by atoms with Crippen molar-refractivity contribution in [3.8, 4) is 0 Å². The van der Waals surface area contributed by atoms with Gasteiger partial charge in [-0.25, -0.2) is 0 Å². The third-order valence-corrected chi connectivity index (χ3v) is 1.98. The van der Waals surface area contributed by atoms with Crippen LogP contribution in [0.1, 0.15) is 26.7 Å². The van der Waals surface area contributed by atoms with Gasteiger partial charge in [0, 0.05) is 12.5 Å². The third-order valence-electron chi connectivity index (χ3n) is 1.98. The lowest BCUT2D eigenvalue weighted by Crippen LogP contribution is -2.26. The minimum atomic E-state index is 0.217. The van der Waals surface area contributed by atoms with Gasteiger partial charge in [0.2, 0.25) is 5.91 Å². The van der Waals surface area contributed by atoms with E-state index in [1.807, 2.05) is 0 Å². The predicted molar refractivity (Wildman–Crippen MR) is 36.0 cm³/mol. The first-order valence-corrected chi connectivity index (χ1v) is 3.53. The smallest absolute Gasteiger partial charge is 0.220 e. The maximum Gasteiger partial charge on any atom is 0.220 e. The quantitative estimate of drug-likeness (QED) is 0.557. The SMILES string of the molecule is CC[C@H]1NC(=O)C[C@@H]1C. The molecule has 1 heterocycles. The second-order valence-corrected chi connectivity index (χ2v) is 2.76. The van der Waals surface area contributed by atoms with Crippen LogP contribution in [0.4, 0.5) is 0 Å². The summed E-state index contributed by atoms with van der Waals surface area (Å²) in [6, 6.07) is 0.442. The normalized spacial score (nSPS) is 34.7. The summed E-state index contributed by atoms with van der Waals surface area (Å²) < 4.78 is 0. The molecule has 2 nitrogen and oxygen atoms in total. The van der Waals surface area contributed by atoms with Gasteiger partial charge in [-0.3, -0.25) is 4.79 Å². The fourth-order valence-electron chi connectivity index (χ4n) is 1.35. The van der Waals surface area contributed by atoms with Crippen LogP contribution in [0.15, 0.2) is 0 Å². The summed E-state index contributed by atoms with van der Waals surface area (Å²) in [5.41, 5.74) is 0. The summed E-state index contributed by atoms with van der Waals surface area (Å²) >= 11 is 0. The van der Waals surface area contributed by atoms with Crippen LogP contribution in [0, 0.1) is 5.92 Å². The van der Waals surface area contributed by atoms with Crippen molar-refractivity contribution in [1.29, 1.82) is 0 Å². The first kappa shape index (κ1) is 6.59. The van der Waals surface area contributed by atoms with Gasteiger partial charge in [-0.2, -0.15) is 0 Å². The van der Waals surface area contributed by atoms with Gasteiger partial charge in [0.15, 0.2) is 0 Å². The number of nitrogens with one attached hydrogen (secondary N) is 1. The Morgan fingerprint density at radius 1 is 1.78 bits per heavy atom. The fourth-order valence-corrected chi connectivity index (χ4v) is 1.35. The minimum Gasteiger partial charge on any atom is -0.353 e. The first-order chi connectivity index (χ1) is 4.24. The second kappa shape index (κ2) is 2.38. The summed E-state index contributed by atoms with van der Waals surface area (Å²) in [5, 5.41) is 2.91. The van der Waals surface area contributed by atoms with Crippen molar-refractivity contribution in [2.24, 2.45) is 5.92 Å². The van der Waals surface area contributed by atoms with Crippen molar-refractivity contribution in [1.82, 2.24) is 5.32 Å². The lowest BCUT2D eigenvalue weighted by atomic mass is 10.0. The van der Waals surface area contributed by atoms with Gasteiger partial charge in [0.1, 0.15) is 0 Å². The highest BCUT2D eigenvalue weighted by Gasteiger charge is 2.26. The number of carbonyl (C=O) groups is 1. The zero-order valence-corrected chi connectivity index (χ0v) is 5.98. The zero-order chi connectivity index (χ0) is 6.85. The standard InChI is InChI=1S/C7H13NO/c1-3-6-5(2)4-7(9)8-6/h5-6H,3-4H2,1-2H3,(H,8,9)/t5-,6+/m0/s1. The summed E-state index contributed by atoms with van der Waals surface area (Å²) in [5.74, 6) is 0.761. The fraction of sp³-hybridized carbons (Fsp3) is 0.857. The van der Waals surface area contributed by atoms with Crippen LogP contribution in [0.5, 0.6) is 0 Å². The highest BCUT2D eigenvalue weighted by Crippen LogP contribution is 2.17. The Morgan fingerprint density at radius 3 is 2.67 bits per heavy atom. The molecule has 0 radical (unpaired) electrons. The van der Waals surface area contributed by atoms with Gasteiger partial charge in [-0.1, -0.05) is 13.8 Å². The van der Waals surface area contributed by atoms with E-state index in [4.69, 9.17) is 0 Å². The van der Waals surface area contributed by atoms with Crippen LogP contribution in [0.2, 0.25) is 0 Å². The number of hydrogen-bond donors (Lipinski definition) is 1. The van der Waals surface area contributed by atoms with Gasteiger partial charge in [0.05, 0.1) is 0 Å². The molecule has 52 valence electrons. The molecule has 1 fully saturated rings. The van der Waals surface area contributed by atoms with E-state index in [9.17, 15) is 4.79 Å². The first-order valence-electron chi connectivity index (χ1n) is 3.53. The summed E-state index contributed by atoms with van der Waals surface area (Å²) in [6.45, 7) is 4.22. The van der Waals surface area contributed by atoms with Crippen LogP contribution in [-0.4, -0.2) is 11.9 Å². The van der Waals surface area contributed by atoms with Gasteiger partial charge in [-0.15, -0.1) is 0 Å². The maximum absolute atomic E-state index is 10.7. The molecule has 1 aliphatic heterocycles. The molecule has 0 spiro atoms. The molecule has 1 rings (SSSR count). The summed E-state index contributed by atoms with van der Waals surface area (Å²) in [7, 11) is 0. The van der Waals surface area contributed by atoms with Gasteiger partial charge >= 0.3 is 0 Å². The van der Waals surface area contributed by atoms with Gasteiger partial charge < -0.3 is 5.32 Å². The van der Waals surface area contributed by atoms with E-state index in [0.717, 1.165) is 12.8 Å². The molecule has 2 heteroatoms. The monoisotopic (exact) mass is 127 g/mol. The Morgan fingerprint density at radius 2 is 2.44 bits per heavy atom. The molecule has 0 aromatic rings. The van der Waals surface area contributed by atoms with Gasteiger partial charge in [-0.05, 0) is 12.3 Å². The third kappa shape index (κ3) is 1.23. The number of hydrogen-bond acceptors (Lipinski definition) is 1. The molecule has 1 N–H and O–H groups in total. The minimum absolute atomic E-state index is 0.217. The average Bonchev–Trinajstić information content (AvgIpc) is 2.10. The molecule has 1 aliphatic rings. The lowest BCUT2D eigenvalue weighted by Gasteiger charge is -2.10. The number of carbonyl (C=O) groups excluding carboxylic acids is 1. The Bertz CT molecular complexity index is 122. The van der Waals surface area contributed by atoms with E-state index >= 15 is 0 Å². The van der Waals surface area contributed by atoms with Crippen molar-refractivity contribution in [2.75, 3.05) is 0 Å². The van der Waals surface area contributed by atoms with Crippen LogP contribution in [0.3, 0.4) is 0 Å². The Hall–Kier alpha value is -0.530. The molecule has 0 aromatic heterocycles. The van der Waals surface area contributed by atoms with E-state index in [2.05, 4.69) is 19.2 Å². The topological polar surface area (TPSA) is 29.1 Å². The molecule has 0 unspecified atom stereocenters. The maximum atomic E-state index is 10.7. The van der Waals surface area contributed by atoms with Crippen molar-refractivity contribution >= 4 is 5.91 Å². The second-order valence-electron chi connectivity index (χ2n) is 2.76. The molecular weight excluding hydrogens is 114 g/mol. The van der Waals surface area contributed by atoms with Crippen molar-refractivity contribution in [3.05, 3.63) is 0 Å². The van der Waals surface area contributed by atoms with Crippen LogP contribution in [-0.2, 0) is 4.79 Å². The van der Waals surface area contributed by atoms with E-state index in [-0.39, 0.29) is 5.91 Å². The van der Waals surface area contributed by atoms with E-state index < -0.39 is 0 Å². The summed E-state index contributed by atoms with van der Waals surface area (Å²) in [6.07, 6.45) is 1.78. The average molecular weight is 127 g/mol. The van der Waals surface area contributed by atoms with E-state index in [0.29, 0.717) is 12.0 Å². The van der Waals surface area contributed by atoms with E-state index in [1.165, 1.54) is 0 Å². The van der Waals surface area contributed by atoms with E-state index in [1.54, 1.807) is 0 Å². The van der Waals surface area contributed by atoms with Crippen LogP contribution in [0.25, 0.3) is 0 Å². The zero-order valence-electron chi connectivity index (χ0n) is 5.98. The molecule has 0 aliphatic carbocycles. The molecule has 0 aromatic carbocycles. The number of amides is 1. The van der Waals surface area contributed by atoms with Crippen molar-refractivity contribution < 1.29 is 4.79 Å². The highest BCUT2D eigenvalue weighted by atomic mass is 16.1.